The minimum Gasteiger partial charge on any atom is -0.396 e. The molecule has 0 aliphatic heterocycles. The first-order valence-electron chi connectivity index (χ1n) is 9.96. The zero-order chi connectivity index (χ0) is 20.3. The first-order valence-corrected chi connectivity index (χ1v) is 11.0. The summed E-state index contributed by atoms with van der Waals surface area (Å²) in [5.74, 6) is 1.46. The van der Waals surface area contributed by atoms with Gasteiger partial charge in [0.1, 0.15) is 5.82 Å². The van der Waals surface area contributed by atoms with Crippen molar-refractivity contribution < 1.29 is 5.11 Å². The summed E-state index contributed by atoms with van der Waals surface area (Å²) < 4.78 is 1.19. The van der Waals surface area contributed by atoms with E-state index in [0.717, 1.165) is 67.7 Å². The van der Waals surface area contributed by atoms with Gasteiger partial charge in [0.05, 0.1) is 5.52 Å². The first-order chi connectivity index (χ1) is 14.3. The molecule has 8 heteroatoms. The highest BCUT2D eigenvalue weighted by molar-refractivity contribution is 14.1. The van der Waals surface area contributed by atoms with Gasteiger partial charge in [0.2, 0.25) is 5.95 Å². The molecule has 0 fully saturated rings. The van der Waals surface area contributed by atoms with Gasteiger partial charge >= 0.3 is 0 Å². The Morgan fingerprint density at radius 3 is 2.55 bits per heavy atom. The number of unbranched alkanes of at least 4 members (excludes halogenated alkanes) is 2. The summed E-state index contributed by atoms with van der Waals surface area (Å²) in [5.41, 5.74) is 2.12. The third-order valence-electron chi connectivity index (χ3n) is 4.45. The number of hydrogen-bond acceptors (Lipinski definition) is 7. The number of pyridine rings is 1. The molecule has 0 saturated heterocycles. The zero-order valence-corrected chi connectivity index (χ0v) is 18.5. The number of hydrogen-bond donors (Lipinski definition) is 4. The van der Waals surface area contributed by atoms with Gasteiger partial charge in [-0.15, -0.1) is 0 Å². The van der Waals surface area contributed by atoms with Crippen molar-refractivity contribution in [1.82, 2.24) is 15.0 Å². The van der Waals surface area contributed by atoms with Gasteiger partial charge in [-0.05, 0) is 78.6 Å². The number of anilines is 3. The third kappa shape index (κ3) is 6.97. The van der Waals surface area contributed by atoms with Crippen LogP contribution in [0.15, 0.2) is 42.7 Å². The average Bonchev–Trinajstić information content (AvgIpc) is 2.73. The van der Waals surface area contributed by atoms with Crippen molar-refractivity contribution in [2.45, 2.75) is 25.7 Å². The molecule has 0 amide bonds. The second kappa shape index (κ2) is 11.7. The monoisotopic (exact) mass is 506 g/mol. The Bertz CT molecular complexity index is 907. The standard InChI is InChI=1S/C21H27IN6O/c22-16-5-6-17-18(7-12-24-19(17)15-16)23-10-4-11-25-20-8-13-27-21(28-20)26-9-2-1-3-14-29/h5-8,12-13,15,29H,1-4,9-11,14H2,(H,23,24)(H2,25,26,27,28). The molecule has 0 aliphatic carbocycles. The Morgan fingerprint density at radius 1 is 0.828 bits per heavy atom. The Kier molecular flexibility index (Phi) is 8.69. The van der Waals surface area contributed by atoms with Crippen molar-refractivity contribution in [3.63, 3.8) is 0 Å². The highest BCUT2D eigenvalue weighted by Gasteiger charge is 2.02. The molecule has 0 atom stereocenters. The van der Waals surface area contributed by atoms with Gasteiger partial charge in [0, 0.05) is 53.3 Å². The number of fused-ring (bicyclic) bond motifs is 1. The number of halogens is 1. The molecule has 0 unspecified atom stereocenters. The molecule has 3 rings (SSSR count). The maximum absolute atomic E-state index is 8.80. The van der Waals surface area contributed by atoms with Crippen LogP contribution in [-0.4, -0.2) is 46.3 Å². The van der Waals surface area contributed by atoms with E-state index >= 15 is 0 Å². The van der Waals surface area contributed by atoms with Crippen molar-refractivity contribution >= 4 is 50.9 Å². The van der Waals surface area contributed by atoms with Crippen molar-refractivity contribution in [1.29, 1.82) is 0 Å². The number of aliphatic hydroxyl groups is 1. The molecule has 154 valence electrons. The van der Waals surface area contributed by atoms with Gasteiger partial charge < -0.3 is 21.1 Å². The van der Waals surface area contributed by atoms with Crippen molar-refractivity contribution in [3.8, 4) is 0 Å². The average molecular weight is 506 g/mol. The van der Waals surface area contributed by atoms with Crippen LogP contribution in [0.3, 0.4) is 0 Å². The van der Waals surface area contributed by atoms with Crippen molar-refractivity contribution in [2.75, 3.05) is 42.2 Å². The third-order valence-corrected chi connectivity index (χ3v) is 5.12. The molecule has 3 aromatic rings. The lowest BCUT2D eigenvalue weighted by Crippen LogP contribution is -2.11. The lowest BCUT2D eigenvalue weighted by atomic mass is 10.2. The molecule has 2 aromatic heterocycles. The molecule has 7 nitrogen and oxygen atoms in total. The van der Waals surface area contributed by atoms with Crippen LogP contribution >= 0.6 is 22.6 Å². The Hall–Kier alpha value is -2.20. The van der Waals surface area contributed by atoms with Crippen LogP contribution in [0.4, 0.5) is 17.5 Å². The van der Waals surface area contributed by atoms with Crippen LogP contribution in [0.2, 0.25) is 0 Å². The predicted octanol–water partition coefficient (Wildman–Crippen LogP) is 4.12. The summed E-state index contributed by atoms with van der Waals surface area (Å²) in [6.45, 7) is 2.74. The van der Waals surface area contributed by atoms with Gasteiger partial charge in [-0.1, -0.05) is 0 Å². The molecule has 4 N–H and O–H groups in total. The molecule has 1 aromatic carbocycles. The number of nitrogens with zero attached hydrogens (tertiary/aromatic N) is 3. The van der Waals surface area contributed by atoms with Crippen LogP contribution in [0.1, 0.15) is 25.7 Å². The molecular weight excluding hydrogens is 479 g/mol. The van der Waals surface area contributed by atoms with E-state index in [4.69, 9.17) is 5.11 Å². The van der Waals surface area contributed by atoms with Crippen molar-refractivity contribution in [3.05, 3.63) is 46.3 Å². The van der Waals surface area contributed by atoms with Gasteiger partial charge in [-0.25, -0.2) is 4.98 Å². The maximum atomic E-state index is 8.80. The number of benzene rings is 1. The summed E-state index contributed by atoms with van der Waals surface area (Å²) >= 11 is 2.31. The van der Waals surface area contributed by atoms with E-state index in [0.29, 0.717) is 5.95 Å². The Balaban J connectivity index is 1.40. The minimum atomic E-state index is 0.252. The van der Waals surface area contributed by atoms with Gasteiger partial charge in [-0.3, -0.25) is 4.98 Å². The molecule has 0 radical (unpaired) electrons. The molecule has 0 aliphatic rings. The molecule has 2 heterocycles. The molecule has 0 saturated carbocycles. The van der Waals surface area contributed by atoms with Gasteiger partial charge in [-0.2, -0.15) is 4.98 Å². The maximum Gasteiger partial charge on any atom is 0.224 e. The summed E-state index contributed by atoms with van der Waals surface area (Å²) in [7, 11) is 0. The van der Waals surface area contributed by atoms with E-state index in [1.807, 2.05) is 18.3 Å². The minimum absolute atomic E-state index is 0.252. The largest absolute Gasteiger partial charge is 0.396 e. The highest BCUT2D eigenvalue weighted by Crippen LogP contribution is 2.23. The van der Waals surface area contributed by atoms with E-state index in [1.165, 1.54) is 3.57 Å². The van der Waals surface area contributed by atoms with Crippen LogP contribution in [0, 0.1) is 3.57 Å². The Labute approximate surface area is 184 Å². The number of rotatable bonds is 12. The molecule has 0 bridgehead atoms. The van der Waals surface area contributed by atoms with E-state index in [1.54, 1.807) is 6.20 Å². The summed E-state index contributed by atoms with van der Waals surface area (Å²) in [6.07, 6.45) is 7.40. The number of aliphatic hydroxyl groups excluding tert-OH is 1. The fraction of sp³-hybridized carbons (Fsp3) is 0.381. The molecule has 29 heavy (non-hydrogen) atoms. The smallest absolute Gasteiger partial charge is 0.224 e. The van der Waals surface area contributed by atoms with Crippen LogP contribution in [-0.2, 0) is 0 Å². The number of nitrogens with one attached hydrogen (secondary N) is 3. The fourth-order valence-corrected chi connectivity index (χ4v) is 3.43. The van der Waals surface area contributed by atoms with E-state index < -0.39 is 0 Å². The van der Waals surface area contributed by atoms with Crippen LogP contribution in [0.25, 0.3) is 10.9 Å². The number of aromatic nitrogens is 3. The second-order valence-electron chi connectivity index (χ2n) is 6.70. The SMILES string of the molecule is OCCCCCNc1nccc(NCCCNc2ccnc3cc(I)ccc23)n1. The normalized spacial score (nSPS) is 10.8. The highest BCUT2D eigenvalue weighted by atomic mass is 127. The Morgan fingerprint density at radius 2 is 1.66 bits per heavy atom. The molecular formula is C21H27IN6O. The summed E-state index contributed by atoms with van der Waals surface area (Å²) in [4.78, 5) is 13.2. The van der Waals surface area contributed by atoms with E-state index in [9.17, 15) is 0 Å². The van der Waals surface area contributed by atoms with Gasteiger partial charge in [0.25, 0.3) is 0 Å². The predicted molar refractivity (Wildman–Crippen MR) is 128 cm³/mol. The first kappa shape index (κ1) is 21.5. The summed E-state index contributed by atoms with van der Waals surface area (Å²) in [6, 6.07) is 10.2. The quantitative estimate of drug-likeness (QED) is 0.217. The zero-order valence-electron chi connectivity index (χ0n) is 16.4. The lowest BCUT2D eigenvalue weighted by Gasteiger charge is -2.11. The van der Waals surface area contributed by atoms with E-state index in [2.05, 4.69) is 71.7 Å². The van der Waals surface area contributed by atoms with Gasteiger partial charge in [0.15, 0.2) is 0 Å². The second-order valence-corrected chi connectivity index (χ2v) is 7.95. The van der Waals surface area contributed by atoms with E-state index in [-0.39, 0.29) is 6.61 Å². The lowest BCUT2D eigenvalue weighted by molar-refractivity contribution is 0.283. The molecule has 0 spiro atoms. The van der Waals surface area contributed by atoms with Crippen LogP contribution < -0.4 is 16.0 Å². The summed E-state index contributed by atoms with van der Waals surface area (Å²) in [5, 5.41) is 20.0. The topological polar surface area (TPSA) is 95.0 Å². The van der Waals surface area contributed by atoms with Crippen molar-refractivity contribution in [2.24, 2.45) is 0 Å². The van der Waals surface area contributed by atoms with Crippen LogP contribution in [0.5, 0.6) is 0 Å². The fourth-order valence-electron chi connectivity index (χ4n) is 2.96.